The summed E-state index contributed by atoms with van der Waals surface area (Å²) < 4.78 is 2.18. The monoisotopic (exact) mass is 665 g/mol. The highest BCUT2D eigenvalue weighted by atomic mass is 16.3. The van der Waals surface area contributed by atoms with Crippen molar-refractivity contribution < 1.29 is 9.90 Å². The Labute approximate surface area is 296 Å². The van der Waals surface area contributed by atoms with Gasteiger partial charge in [0.05, 0.1) is 23.3 Å². The lowest BCUT2D eigenvalue weighted by molar-refractivity contribution is -0.247. The number of imidazole rings is 1. The molecule has 11 atom stereocenters. The average molecular weight is 666 g/mol. The standard InChI is InChI=1S/C44H63N3O2/c1-28(2)30-18-23-44(39(49)47-26-12-15-33(47)38-45-32(27-46(38)8)29-13-10-9-11-14-29)25-24-42(6)31(37(30)44)16-17-35-41(5)21-20-36(48)40(3,4)34(41)19-22-43(35,42)7/h9-11,13-14,27,30-31,33-37,48H,1,12,15-26H2,2-8H3/t30-,31+,33-,34-,35+,36-,37+,41-,42+,43+,44-/m0/s1. The van der Waals surface area contributed by atoms with Gasteiger partial charge in [0, 0.05) is 25.4 Å². The first-order valence-corrected chi connectivity index (χ1v) is 19.9. The van der Waals surface area contributed by atoms with E-state index in [-0.39, 0.29) is 39.2 Å². The van der Waals surface area contributed by atoms with Crippen molar-refractivity contribution in [2.24, 2.45) is 63.7 Å². The quantitative estimate of drug-likeness (QED) is 0.331. The molecule has 2 heterocycles. The van der Waals surface area contributed by atoms with Crippen LogP contribution in [-0.2, 0) is 11.8 Å². The van der Waals surface area contributed by atoms with Crippen LogP contribution in [0.15, 0.2) is 48.7 Å². The molecule has 8 rings (SSSR count). The van der Waals surface area contributed by atoms with E-state index < -0.39 is 0 Å². The third-order valence-electron chi connectivity index (χ3n) is 17.3. The van der Waals surface area contributed by atoms with Crippen LogP contribution in [0.4, 0.5) is 0 Å². The van der Waals surface area contributed by atoms with E-state index in [4.69, 9.17) is 4.98 Å². The number of carbonyl (C=O) groups is 1. The lowest BCUT2D eigenvalue weighted by Crippen LogP contribution is -2.67. The molecule has 1 aromatic carbocycles. The van der Waals surface area contributed by atoms with Gasteiger partial charge in [-0.05, 0) is 135 Å². The van der Waals surface area contributed by atoms with Crippen LogP contribution in [-0.4, -0.2) is 38.1 Å². The zero-order valence-electron chi connectivity index (χ0n) is 31.6. The molecule has 0 radical (unpaired) electrons. The lowest BCUT2D eigenvalue weighted by atomic mass is 9.32. The summed E-state index contributed by atoms with van der Waals surface area (Å²) in [5.74, 6) is 4.03. The van der Waals surface area contributed by atoms with Crippen molar-refractivity contribution in [3.8, 4) is 11.3 Å². The van der Waals surface area contributed by atoms with Gasteiger partial charge < -0.3 is 14.6 Å². The van der Waals surface area contributed by atoms with Crippen molar-refractivity contribution in [1.29, 1.82) is 0 Å². The largest absolute Gasteiger partial charge is 0.393 e. The highest BCUT2D eigenvalue weighted by Gasteiger charge is 2.72. The summed E-state index contributed by atoms with van der Waals surface area (Å²) in [4.78, 5) is 22.9. The first-order chi connectivity index (χ1) is 23.2. The number of likely N-dealkylation sites (tertiary alicyclic amines) is 1. The minimum Gasteiger partial charge on any atom is -0.393 e. The third-order valence-corrected chi connectivity index (χ3v) is 17.3. The van der Waals surface area contributed by atoms with E-state index in [2.05, 4.69) is 101 Å². The zero-order chi connectivity index (χ0) is 34.7. The van der Waals surface area contributed by atoms with Gasteiger partial charge in [-0.3, -0.25) is 4.79 Å². The van der Waals surface area contributed by atoms with Gasteiger partial charge in [0.2, 0.25) is 5.91 Å². The Hall–Kier alpha value is -2.40. The molecule has 1 N–H and O–H groups in total. The van der Waals surface area contributed by atoms with Gasteiger partial charge in [0.15, 0.2) is 0 Å². The van der Waals surface area contributed by atoms with E-state index >= 15 is 4.79 Å². The number of aryl methyl sites for hydroxylation is 1. The summed E-state index contributed by atoms with van der Waals surface area (Å²) in [6, 6.07) is 10.5. The van der Waals surface area contributed by atoms with Crippen molar-refractivity contribution in [2.75, 3.05) is 6.54 Å². The molecule has 266 valence electrons. The van der Waals surface area contributed by atoms with Crippen LogP contribution in [0.25, 0.3) is 11.3 Å². The highest BCUT2D eigenvalue weighted by molar-refractivity contribution is 5.84. The molecular formula is C44H63N3O2. The van der Waals surface area contributed by atoms with Crippen molar-refractivity contribution >= 4 is 5.91 Å². The van der Waals surface area contributed by atoms with E-state index in [1.165, 1.54) is 31.3 Å². The second-order valence-electron chi connectivity index (χ2n) is 19.3. The molecule has 0 bridgehead atoms. The van der Waals surface area contributed by atoms with Crippen molar-refractivity contribution in [3.05, 3.63) is 54.5 Å². The molecule has 5 heteroatoms. The maximum absolute atomic E-state index is 15.5. The smallest absolute Gasteiger partial charge is 0.229 e. The molecule has 0 unspecified atom stereocenters. The SMILES string of the molecule is C=C(C)[C@@H]1CC[C@]2(C(=O)N3CCC[C@H]3c3nc(-c4ccccc4)cn3C)CC[C@]3(C)[C@H](CC[C@@H]4[C@@]5(C)CC[C@H](O)C(C)(C)[C@@H]5CC[C@]43C)[C@@H]12. The van der Waals surface area contributed by atoms with Crippen LogP contribution in [0.3, 0.4) is 0 Å². The van der Waals surface area contributed by atoms with E-state index in [1.807, 2.05) is 0 Å². The van der Waals surface area contributed by atoms with E-state index in [9.17, 15) is 5.11 Å². The number of allylic oxidation sites excluding steroid dienone is 1. The van der Waals surface area contributed by atoms with Crippen molar-refractivity contribution in [2.45, 2.75) is 131 Å². The van der Waals surface area contributed by atoms with Crippen LogP contribution >= 0.6 is 0 Å². The molecule has 49 heavy (non-hydrogen) atoms. The number of fused-ring (bicyclic) bond motifs is 7. The molecule has 5 aliphatic carbocycles. The normalized spacial score (nSPS) is 44.1. The lowest BCUT2D eigenvalue weighted by Gasteiger charge is -2.73. The predicted molar refractivity (Wildman–Crippen MR) is 197 cm³/mol. The molecule has 1 aromatic heterocycles. The molecule has 5 nitrogen and oxygen atoms in total. The predicted octanol–water partition coefficient (Wildman–Crippen LogP) is 9.77. The van der Waals surface area contributed by atoms with Gasteiger partial charge in [0.1, 0.15) is 5.82 Å². The summed E-state index contributed by atoms with van der Waals surface area (Å²) in [5, 5.41) is 11.2. The maximum Gasteiger partial charge on any atom is 0.229 e. The zero-order valence-corrected chi connectivity index (χ0v) is 31.6. The van der Waals surface area contributed by atoms with Crippen LogP contribution in [0.5, 0.6) is 0 Å². The van der Waals surface area contributed by atoms with E-state index in [1.54, 1.807) is 0 Å². The number of aromatic nitrogens is 2. The first kappa shape index (κ1) is 33.7. The Kier molecular flexibility index (Phi) is 7.78. The Morgan fingerprint density at radius 2 is 1.63 bits per heavy atom. The number of benzene rings is 1. The van der Waals surface area contributed by atoms with Crippen molar-refractivity contribution in [3.63, 3.8) is 0 Å². The molecular weight excluding hydrogens is 603 g/mol. The number of hydrogen-bond donors (Lipinski definition) is 1. The van der Waals surface area contributed by atoms with Crippen LogP contribution in [0.2, 0.25) is 0 Å². The van der Waals surface area contributed by atoms with Gasteiger partial charge in [0.25, 0.3) is 0 Å². The van der Waals surface area contributed by atoms with Crippen LogP contribution < -0.4 is 0 Å². The Morgan fingerprint density at radius 3 is 2.37 bits per heavy atom. The molecule has 1 amide bonds. The van der Waals surface area contributed by atoms with E-state index in [0.29, 0.717) is 35.5 Å². The summed E-state index contributed by atoms with van der Waals surface area (Å²) in [6.07, 6.45) is 15.3. The Morgan fingerprint density at radius 1 is 0.878 bits per heavy atom. The maximum atomic E-state index is 15.5. The number of aliphatic hydroxyl groups excluding tert-OH is 1. The van der Waals surface area contributed by atoms with Crippen LogP contribution in [0, 0.1) is 56.7 Å². The fourth-order valence-corrected chi connectivity index (χ4v) is 14.6. The summed E-state index contributed by atoms with van der Waals surface area (Å²) >= 11 is 0. The highest BCUT2D eigenvalue weighted by Crippen LogP contribution is 2.77. The Balaban J connectivity index is 1.13. The van der Waals surface area contributed by atoms with Gasteiger partial charge in [-0.2, -0.15) is 0 Å². The van der Waals surface area contributed by atoms with Crippen molar-refractivity contribution in [1.82, 2.24) is 14.5 Å². The summed E-state index contributed by atoms with van der Waals surface area (Å²) in [6.45, 7) is 20.4. The Bertz CT molecular complexity index is 1630. The fraction of sp³-hybridized carbons (Fsp3) is 0.727. The number of carbonyl (C=O) groups excluding carboxylic acids is 1. The molecule has 1 saturated heterocycles. The fourth-order valence-electron chi connectivity index (χ4n) is 14.6. The number of aliphatic hydroxyl groups is 1. The minimum absolute atomic E-state index is 0.0297. The molecule has 1 aliphatic heterocycles. The number of amides is 1. The molecule has 6 aliphatic rings. The van der Waals surface area contributed by atoms with Crippen LogP contribution in [0.1, 0.15) is 130 Å². The molecule has 5 saturated carbocycles. The van der Waals surface area contributed by atoms with Gasteiger partial charge in [-0.1, -0.05) is 77.1 Å². The second kappa shape index (κ2) is 11.3. The summed E-state index contributed by atoms with van der Waals surface area (Å²) in [7, 11) is 2.11. The summed E-state index contributed by atoms with van der Waals surface area (Å²) in [5.41, 5.74) is 3.80. The number of nitrogens with zero attached hydrogens (tertiary/aromatic N) is 3. The third kappa shape index (κ3) is 4.51. The van der Waals surface area contributed by atoms with E-state index in [0.717, 1.165) is 75.0 Å². The topological polar surface area (TPSA) is 58.4 Å². The number of hydrogen-bond acceptors (Lipinski definition) is 3. The van der Waals surface area contributed by atoms with Gasteiger partial charge >= 0.3 is 0 Å². The molecule has 0 spiro atoms. The molecule has 2 aromatic rings. The minimum atomic E-state index is -0.301. The first-order valence-electron chi connectivity index (χ1n) is 19.9. The van der Waals surface area contributed by atoms with Gasteiger partial charge in [-0.25, -0.2) is 4.98 Å². The average Bonchev–Trinajstić information content (AvgIpc) is 3.81. The number of rotatable bonds is 4. The van der Waals surface area contributed by atoms with Gasteiger partial charge in [-0.15, -0.1) is 0 Å². The second-order valence-corrected chi connectivity index (χ2v) is 19.3. The molecule has 6 fully saturated rings.